The molecular formula is C13H15N3. The molecule has 3 heteroatoms. The van der Waals surface area contributed by atoms with Gasteiger partial charge < -0.3 is 0 Å². The van der Waals surface area contributed by atoms with E-state index in [0.717, 1.165) is 22.5 Å². The van der Waals surface area contributed by atoms with E-state index in [0.29, 0.717) is 5.92 Å². The van der Waals surface area contributed by atoms with E-state index < -0.39 is 0 Å². The second-order valence-corrected chi connectivity index (χ2v) is 4.20. The molecule has 2 aromatic rings. The molecule has 82 valence electrons. The molecule has 2 aromatic heterocycles. The maximum Gasteiger partial charge on any atom is 0.115 e. The van der Waals surface area contributed by atoms with E-state index in [1.165, 1.54) is 0 Å². The van der Waals surface area contributed by atoms with Crippen molar-refractivity contribution in [3.05, 3.63) is 42.2 Å². The van der Waals surface area contributed by atoms with E-state index in [-0.39, 0.29) is 0 Å². The quantitative estimate of drug-likeness (QED) is 0.769. The van der Waals surface area contributed by atoms with Crippen LogP contribution in [0.2, 0.25) is 0 Å². The molecule has 0 atom stereocenters. The molecule has 0 N–H and O–H groups in total. The Morgan fingerprint density at radius 3 is 2.31 bits per heavy atom. The molecule has 0 bridgehead atoms. The van der Waals surface area contributed by atoms with E-state index in [1.54, 1.807) is 6.33 Å². The Kier molecular flexibility index (Phi) is 2.95. The second kappa shape index (κ2) is 4.39. The Bertz CT molecular complexity index is 478. The van der Waals surface area contributed by atoms with Gasteiger partial charge in [-0.05, 0) is 30.5 Å². The number of aromatic nitrogens is 3. The first-order valence-electron chi connectivity index (χ1n) is 5.41. The standard InChI is InChI=1S/C13H15N3/c1-9(2)13-5-11(4-10(3)16-13)12-6-14-8-15-7-12/h4-9H,1-3H3. The van der Waals surface area contributed by atoms with Crippen LogP contribution >= 0.6 is 0 Å². The maximum atomic E-state index is 4.52. The Morgan fingerprint density at radius 1 is 1.00 bits per heavy atom. The summed E-state index contributed by atoms with van der Waals surface area (Å²) >= 11 is 0. The van der Waals surface area contributed by atoms with E-state index >= 15 is 0 Å². The van der Waals surface area contributed by atoms with Gasteiger partial charge in [0.05, 0.1) is 0 Å². The van der Waals surface area contributed by atoms with Gasteiger partial charge in [0.2, 0.25) is 0 Å². The first-order valence-corrected chi connectivity index (χ1v) is 5.41. The van der Waals surface area contributed by atoms with Gasteiger partial charge in [-0.1, -0.05) is 13.8 Å². The van der Waals surface area contributed by atoms with Gasteiger partial charge in [0.25, 0.3) is 0 Å². The normalized spacial score (nSPS) is 10.8. The number of hydrogen-bond acceptors (Lipinski definition) is 3. The van der Waals surface area contributed by atoms with Crippen LogP contribution in [-0.4, -0.2) is 15.0 Å². The highest BCUT2D eigenvalue weighted by atomic mass is 14.8. The van der Waals surface area contributed by atoms with Crippen LogP contribution in [0.5, 0.6) is 0 Å². The lowest BCUT2D eigenvalue weighted by atomic mass is 10.0. The molecule has 16 heavy (non-hydrogen) atoms. The van der Waals surface area contributed by atoms with Gasteiger partial charge in [-0.15, -0.1) is 0 Å². The minimum Gasteiger partial charge on any atom is -0.258 e. The van der Waals surface area contributed by atoms with Crippen LogP contribution in [0.3, 0.4) is 0 Å². The van der Waals surface area contributed by atoms with Crippen molar-refractivity contribution in [2.75, 3.05) is 0 Å². The van der Waals surface area contributed by atoms with Crippen molar-refractivity contribution in [2.45, 2.75) is 26.7 Å². The van der Waals surface area contributed by atoms with Gasteiger partial charge in [0.1, 0.15) is 6.33 Å². The number of pyridine rings is 1. The van der Waals surface area contributed by atoms with Gasteiger partial charge in [0, 0.05) is 29.3 Å². The van der Waals surface area contributed by atoms with Crippen molar-refractivity contribution in [1.29, 1.82) is 0 Å². The first-order chi connectivity index (χ1) is 7.66. The van der Waals surface area contributed by atoms with Crippen molar-refractivity contribution < 1.29 is 0 Å². The lowest BCUT2D eigenvalue weighted by Crippen LogP contribution is -1.96. The fourth-order valence-electron chi connectivity index (χ4n) is 1.60. The summed E-state index contributed by atoms with van der Waals surface area (Å²) in [7, 11) is 0. The van der Waals surface area contributed by atoms with Crippen molar-refractivity contribution in [1.82, 2.24) is 15.0 Å². The molecule has 2 rings (SSSR count). The van der Waals surface area contributed by atoms with E-state index in [4.69, 9.17) is 0 Å². The van der Waals surface area contributed by atoms with Crippen LogP contribution in [0.15, 0.2) is 30.9 Å². The number of aryl methyl sites for hydroxylation is 1. The van der Waals surface area contributed by atoms with E-state index in [2.05, 4.69) is 40.9 Å². The number of rotatable bonds is 2. The molecule has 0 saturated heterocycles. The summed E-state index contributed by atoms with van der Waals surface area (Å²) < 4.78 is 0. The lowest BCUT2D eigenvalue weighted by Gasteiger charge is -2.08. The molecule has 0 radical (unpaired) electrons. The third kappa shape index (κ3) is 2.24. The predicted molar refractivity (Wildman–Crippen MR) is 64.1 cm³/mol. The van der Waals surface area contributed by atoms with Gasteiger partial charge in [-0.2, -0.15) is 0 Å². The van der Waals surface area contributed by atoms with Gasteiger partial charge in [-0.3, -0.25) is 4.98 Å². The lowest BCUT2D eigenvalue weighted by molar-refractivity contribution is 0.816. The molecule has 0 fully saturated rings. The smallest absolute Gasteiger partial charge is 0.115 e. The molecule has 3 nitrogen and oxygen atoms in total. The Balaban J connectivity index is 2.50. The van der Waals surface area contributed by atoms with Crippen molar-refractivity contribution in [3.63, 3.8) is 0 Å². The monoisotopic (exact) mass is 213 g/mol. The van der Waals surface area contributed by atoms with Crippen molar-refractivity contribution in [3.8, 4) is 11.1 Å². The Hall–Kier alpha value is -1.77. The molecule has 0 unspecified atom stereocenters. The summed E-state index contributed by atoms with van der Waals surface area (Å²) in [4.78, 5) is 12.6. The summed E-state index contributed by atoms with van der Waals surface area (Å²) in [6, 6.07) is 4.17. The van der Waals surface area contributed by atoms with Crippen LogP contribution in [0.25, 0.3) is 11.1 Å². The molecule has 0 aliphatic rings. The third-order valence-electron chi connectivity index (χ3n) is 2.46. The van der Waals surface area contributed by atoms with E-state index in [1.807, 2.05) is 19.3 Å². The fourth-order valence-corrected chi connectivity index (χ4v) is 1.60. The predicted octanol–water partition coefficient (Wildman–Crippen LogP) is 2.97. The SMILES string of the molecule is Cc1cc(-c2cncnc2)cc(C(C)C)n1. The summed E-state index contributed by atoms with van der Waals surface area (Å²) in [6.07, 6.45) is 5.19. The largest absolute Gasteiger partial charge is 0.258 e. The molecular weight excluding hydrogens is 198 g/mol. The highest BCUT2D eigenvalue weighted by molar-refractivity contribution is 5.62. The highest BCUT2D eigenvalue weighted by Gasteiger charge is 2.05. The Morgan fingerprint density at radius 2 is 1.69 bits per heavy atom. The minimum absolute atomic E-state index is 0.434. The topological polar surface area (TPSA) is 38.7 Å². The maximum absolute atomic E-state index is 4.52. The molecule has 0 aromatic carbocycles. The van der Waals surface area contributed by atoms with E-state index in [9.17, 15) is 0 Å². The molecule has 0 amide bonds. The van der Waals surface area contributed by atoms with Gasteiger partial charge in [-0.25, -0.2) is 9.97 Å². The highest BCUT2D eigenvalue weighted by Crippen LogP contribution is 2.22. The first kappa shape index (κ1) is 10.7. The summed E-state index contributed by atoms with van der Waals surface area (Å²) in [6.45, 7) is 6.30. The molecule has 0 spiro atoms. The molecule has 0 saturated carbocycles. The Labute approximate surface area is 95.6 Å². The van der Waals surface area contributed by atoms with Crippen LogP contribution in [-0.2, 0) is 0 Å². The average molecular weight is 213 g/mol. The fraction of sp³-hybridized carbons (Fsp3) is 0.308. The minimum atomic E-state index is 0.434. The summed E-state index contributed by atoms with van der Waals surface area (Å²) in [5, 5.41) is 0. The average Bonchev–Trinajstić information content (AvgIpc) is 2.29. The van der Waals surface area contributed by atoms with Crippen LogP contribution < -0.4 is 0 Å². The zero-order valence-corrected chi connectivity index (χ0v) is 9.81. The van der Waals surface area contributed by atoms with Crippen molar-refractivity contribution in [2.24, 2.45) is 0 Å². The van der Waals surface area contributed by atoms with Gasteiger partial charge >= 0.3 is 0 Å². The van der Waals surface area contributed by atoms with Crippen LogP contribution in [0.4, 0.5) is 0 Å². The van der Waals surface area contributed by atoms with Crippen molar-refractivity contribution >= 4 is 0 Å². The zero-order valence-electron chi connectivity index (χ0n) is 9.81. The molecule has 2 heterocycles. The second-order valence-electron chi connectivity index (χ2n) is 4.20. The van der Waals surface area contributed by atoms with Gasteiger partial charge in [0.15, 0.2) is 0 Å². The van der Waals surface area contributed by atoms with Crippen LogP contribution in [0.1, 0.15) is 31.2 Å². The number of hydrogen-bond donors (Lipinski definition) is 0. The number of nitrogens with zero attached hydrogens (tertiary/aromatic N) is 3. The third-order valence-corrected chi connectivity index (χ3v) is 2.46. The summed E-state index contributed by atoms with van der Waals surface area (Å²) in [5.74, 6) is 0.434. The zero-order chi connectivity index (χ0) is 11.5. The summed E-state index contributed by atoms with van der Waals surface area (Å²) in [5.41, 5.74) is 4.32. The molecule has 0 aliphatic carbocycles. The van der Waals surface area contributed by atoms with Crippen LogP contribution in [0, 0.1) is 6.92 Å². The molecule has 0 aliphatic heterocycles.